The van der Waals surface area contributed by atoms with E-state index in [0.29, 0.717) is 12.3 Å². The number of nitrogens with one attached hydrogen (secondary N) is 1. The number of hydrogen-bond donors (Lipinski definition) is 1. The topological polar surface area (TPSA) is 58.6 Å². The molecule has 0 aliphatic carbocycles. The minimum atomic E-state index is -3.43. The summed E-state index contributed by atoms with van der Waals surface area (Å²) in [5.74, 6) is 0.424. The van der Waals surface area contributed by atoms with Crippen LogP contribution in [-0.4, -0.2) is 46.0 Å². The molecule has 1 aliphatic heterocycles. The summed E-state index contributed by atoms with van der Waals surface area (Å²) in [4.78, 5) is 0. The molecule has 1 N–H and O–H groups in total. The third-order valence-corrected chi connectivity index (χ3v) is 6.31. The predicted molar refractivity (Wildman–Crippen MR) is 67.1 cm³/mol. The molecule has 0 spiro atoms. The third-order valence-electron chi connectivity index (χ3n) is 2.98. The lowest BCUT2D eigenvalue weighted by molar-refractivity contribution is 0.379. The molecule has 96 valence electrons. The average Bonchev–Trinajstić information content (AvgIpc) is 2.98. The lowest BCUT2D eigenvalue weighted by Gasteiger charge is -2.22. The third kappa shape index (κ3) is 2.33. The average molecular weight is 276 g/mol. The van der Waals surface area contributed by atoms with E-state index < -0.39 is 10.0 Å². The summed E-state index contributed by atoms with van der Waals surface area (Å²) >= 11 is 1.19. The van der Waals surface area contributed by atoms with E-state index in [1.807, 2.05) is 0 Å². The molecule has 1 fully saturated rings. The molecule has 7 heteroatoms. The number of sulfonamides is 1. The van der Waals surface area contributed by atoms with Crippen molar-refractivity contribution in [3.63, 3.8) is 0 Å². The van der Waals surface area contributed by atoms with Crippen molar-refractivity contribution >= 4 is 21.4 Å². The van der Waals surface area contributed by atoms with Crippen LogP contribution in [0.25, 0.3) is 0 Å². The van der Waals surface area contributed by atoms with Crippen LogP contribution in [0.3, 0.4) is 0 Å². The van der Waals surface area contributed by atoms with Crippen LogP contribution in [0.2, 0.25) is 0 Å². The molecule has 1 saturated heterocycles. The summed E-state index contributed by atoms with van der Waals surface area (Å²) in [6.07, 6.45) is 0.851. The first-order valence-electron chi connectivity index (χ1n) is 5.37. The minimum absolute atomic E-state index is 0.0341. The molecule has 17 heavy (non-hydrogen) atoms. The molecule has 0 bridgehead atoms. The van der Waals surface area contributed by atoms with E-state index >= 15 is 0 Å². The van der Waals surface area contributed by atoms with Gasteiger partial charge in [0.1, 0.15) is 5.75 Å². The number of thiophene rings is 1. The summed E-state index contributed by atoms with van der Waals surface area (Å²) in [6.45, 7) is 1.58. The highest BCUT2D eigenvalue weighted by Crippen LogP contribution is 2.32. The Balaban J connectivity index is 2.29. The Labute approximate surface area is 105 Å². The van der Waals surface area contributed by atoms with E-state index in [0.717, 1.165) is 13.0 Å². The molecule has 2 rings (SSSR count). The minimum Gasteiger partial charge on any atom is -0.494 e. The number of methoxy groups -OCH3 is 1. The monoisotopic (exact) mass is 276 g/mol. The summed E-state index contributed by atoms with van der Waals surface area (Å²) in [6, 6.07) is 1.71. The van der Waals surface area contributed by atoms with E-state index in [9.17, 15) is 8.42 Å². The van der Waals surface area contributed by atoms with Crippen LogP contribution in [0.4, 0.5) is 0 Å². The van der Waals surface area contributed by atoms with Crippen molar-refractivity contribution in [2.24, 2.45) is 0 Å². The zero-order chi connectivity index (χ0) is 12.5. The van der Waals surface area contributed by atoms with Gasteiger partial charge in [0, 0.05) is 19.6 Å². The van der Waals surface area contributed by atoms with Gasteiger partial charge in [0.2, 0.25) is 0 Å². The quantitative estimate of drug-likeness (QED) is 0.881. The summed E-state index contributed by atoms with van der Waals surface area (Å²) in [5, 5.41) is 4.89. The van der Waals surface area contributed by atoms with Gasteiger partial charge < -0.3 is 10.1 Å². The maximum Gasteiger partial charge on any atom is 0.256 e. The predicted octanol–water partition coefficient (Wildman–Crippen LogP) is 0.739. The van der Waals surface area contributed by atoms with Crippen LogP contribution in [0, 0.1) is 0 Å². The maximum absolute atomic E-state index is 12.4. The van der Waals surface area contributed by atoms with Gasteiger partial charge in [0.25, 0.3) is 10.0 Å². The van der Waals surface area contributed by atoms with E-state index in [1.54, 1.807) is 18.5 Å². The van der Waals surface area contributed by atoms with Crippen LogP contribution in [-0.2, 0) is 10.0 Å². The van der Waals surface area contributed by atoms with Gasteiger partial charge in [-0.1, -0.05) is 0 Å². The number of ether oxygens (including phenoxy) is 1. The molecular formula is C10H16N2O3S2. The second kappa shape index (κ2) is 4.93. The molecule has 0 amide bonds. The van der Waals surface area contributed by atoms with E-state index in [2.05, 4.69) is 5.32 Å². The first-order valence-corrected chi connectivity index (χ1v) is 7.69. The van der Waals surface area contributed by atoms with Crippen molar-refractivity contribution in [2.45, 2.75) is 16.7 Å². The molecule has 5 nitrogen and oxygen atoms in total. The summed E-state index contributed by atoms with van der Waals surface area (Å²) in [7, 11) is -0.320. The van der Waals surface area contributed by atoms with Crippen molar-refractivity contribution in [3.05, 3.63) is 11.4 Å². The summed E-state index contributed by atoms with van der Waals surface area (Å²) in [5.41, 5.74) is 0. The van der Waals surface area contributed by atoms with Crippen LogP contribution < -0.4 is 10.1 Å². The van der Waals surface area contributed by atoms with Crippen molar-refractivity contribution in [3.8, 4) is 5.75 Å². The zero-order valence-corrected chi connectivity index (χ0v) is 11.5. The van der Waals surface area contributed by atoms with Gasteiger partial charge in [-0.2, -0.15) is 4.31 Å². The second-order valence-electron chi connectivity index (χ2n) is 3.94. The normalized spacial score (nSPS) is 21.0. The van der Waals surface area contributed by atoms with Crippen LogP contribution in [0.15, 0.2) is 15.7 Å². The fraction of sp³-hybridized carbons (Fsp3) is 0.600. The Kier molecular flexibility index (Phi) is 3.72. The van der Waals surface area contributed by atoms with Gasteiger partial charge in [-0.25, -0.2) is 8.42 Å². The van der Waals surface area contributed by atoms with Crippen molar-refractivity contribution in [2.75, 3.05) is 27.2 Å². The fourth-order valence-corrected chi connectivity index (χ4v) is 4.73. The molecule has 0 radical (unpaired) electrons. The number of nitrogens with zero attached hydrogens (tertiary/aromatic N) is 1. The molecule has 0 aromatic carbocycles. The van der Waals surface area contributed by atoms with Gasteiger partial charge >= 0.3 is 0 Å². The fourth-order valence-electron chi connectivity index (χ4n) is 1.90. The van der Waals surface area contributed by atoms with Gasteiger partial charge in [0.05, 0.1) is 7.11 Å². The first kappa shape index (κ1) is 12.8. The molecule has 1 aromatic rings. The van der Waals surface area contributed by atoms with Gasteiger partial charge in [0.15, 0.2) is 4.21 Å². The SMILES string of the molecule is COc1ccsc1S(=O)(=O)N(C)C1CCNC1. The Morgan fingerprint density at radius 2 is 2.35 bits per heavy atom. The number of hydrogen-bond acceptors (Lipinski definition) is 5. The molecule has 1 atom stereocenters. The summed E-state index contributed by atoms with van der Waals surface area (Å²) < 4.78 is 31.6. The Morgan fingerprint density at radius 1 is 1.59 bits per heavy atom. The van der Waals surface area contributed by atoms with Gasteiger partial charge in [-0.15, -0.1) is 11.3 Å². The molecule has 2 heterocycles. The smallest absolute Gasteiger partial charge is 0.256 e. The molecule has 1 unspecified atom stereocenters. The van der Waals surface area contributed by atoms with E-state index in [-0.39, 0.29) is 10.3 Å². The largest absolute Gasteiger partial charge is 0.494 e. The zero-order valence-electron chi connectivity index (χ0n) is 9.84. The van der Waals surface area contributed by atoms with Crippen molar-refractivity contribution < 1.29 is 13.2 Å². The molecule has 0 saturated carbocycles. The second-order valence-corrected chi connectivity index (χ2v) is 7.05. The van der Waals surface area contributed by atoms with E-state index in [4.69, 9.17) is 4.74 Å². The first-order chi connectivity index (χ1) is 8.07. The van der Waals surface area contributed by atoms with Crippen LogP contribution >= 0.6 is 11.3 Å². The van der Waals surface area contributed by atoms with Crippen LogP contribution in [0.5, 0.6) is 5.75 Å². The lowest BCUT2D eigenvalue weighted by atomic mass is 10.3. The Morgan fingerprint density at radius 3 is 2.94 bits per heavy atom. The standard InChI is InChI=1S/C10H16N2O3S2/c1-12(8-3-5-11-7-8)17(13,14)10-9(15-2)4-6-16-10/h4,6,8,11H,3,5,7H2,1-2H3. The maximum atomic E-state index is 12.4. The molecule has 1 aliphatic rings. The molecular weight excluding hydrogens is 260 g/mol. The number of likely N-dealkylation sites (N-methyl/N-ethyl adjacent to an activating group) is 1. The lowest BCUT2D eigenvalue weighted by Crippen LogP contribution is -2.38. The van der Waals surface area contributed by atoms with Gasteiger partial charge in [-0.3, -0.25) is 0 Å². The van der Waals surface area contributed by atoms with Gasteiger partial charge in [-0.05, 0) is 24.4 Å². The highest BCUT2D eigenvalue weighted by molar-refractivity contribution is 7.91. The number of rotatable bonds is 4. The highest BCUT2D eigenvalue weighted by Gasteiger charge is 2.32. The highest BCUT2D eigenvalue weighted by atomic mass is 32.2. The van der Waals surface area contributed by atoms with Crippen molar-refractivity contribution in [1.82, 2.24) is 9.62 Å². The Hall–Kier alpha value is -0.630. The van der Waals surface area contributed by atoms with Crippen LogP contribution in [0.1, 0.15) is 6.42 Å². The van der Waals surface area contributed by atoms with Crippen molar-refractivity contribution in [1.29, 1.82) is 0 Å². The molecule has 1 aromatic heterocycles. The Bertz CT molecular complexity index is 477. The van der Waals surface area contributed by atoms with E-state index in [1.165, 1.54) is 22.8 Å².